The molecule has 2 atom stereocenters. The first-order valence-corrected chi connectivity index (χ1v) is 14.3. The number of alkyl halides is 3. The molecule has 2 unspecified atom stereocenters. The second-order valence-electron chi connectivity index (χ2n) is 10.9. The van der Waals surface area contributed by atoms with Crippen molar-refractivity contribution in [1.29, 1.82) is 0 Å². The number of methoxy groups -OCH3 is 1. The van der Waals surface area contributed by atoms with E-state index >= 15 is 8.78 Å². The van der Waals surface area contributed by atoms with Crippen molar-refractivity contribution in [2.45, 2.75) is 31.6 Å². The van der Waals surface area contributed by atoms with Crippen LogP contribution in [0.3, 0.4) is 0 Å². The summed E-state index contributed by atoms with van der Waals surface area (Å²) in [6.45, 7) is 0.587. The first kappa shape index (κ1) is 33.3. The predicted molar refractivity (Wildman–Crippen MR) is 161 cm³/mol. The molecule has 1 amide bonds. The number of aromatic nitrogens is 2. The number of anilines is 1. The maximum atomic E-state index is 15.1. The van der Waals surface area contributed by atoms with E-state index in [0.29, 0.717) is 45.6 Å². The number of halogens is 5. The number of hydrogen-bond acceptors (Lipinski definition) is 7. The number of aryl methyl sites for hydroxylation is 1. The summed E-state index contributed by atoms with van der Waals surface area (Å²) in [5.74, 6) is -5.57. The molecule has 5 rings (SSSR count). The van der Waals surface area contributed by atoms with Gasteiger partial charge in [0, 0.05) is 54.6 Å². The number of aliphatic carboxylic acids is 1. The van der Waals surface area contributed by atoms with Crippen LogP contribution < -0.4 is 20.5 Å². The van der Waals surface area contributed by atoms with Crippen molar-refractivity contribution < 1.29 is 46.1 Å². The Hall–Kier alpha value is -5.05. The molecule has 0 aliphatic carbocycles. The number of carbonyl (C=O) groups excluding carboxylic acids is 1. The molecule has 2 N–H and O–H groups in total. The summed E-state index contributed by atoms with van der Waals surface area (Å²) >= 11 is 0. The Balaban J connectivity index is 1.46. The van der Waals surface area contributed by atoms with Gasteiger partial charge in [-0.1, -0.05) is 18.2 Å². The van der Waals surface area contributed by atoms with Crippen molar-refractivity contribution in [1.82, 2.24) is 14.9 Å². The number of carbonyl (C=O) groups is 2. The molecule has 1 fully saturated rings. The Bertz CT molecular complexity index is 1910. The molecular formula is C32H29F5N4O6. The molecule has 47 heavy (non-hydrogen) atoms. The lowest BCUT2D eigenvalue weighted by molar-refractivity contribution is -0.167. The normalized spacial score (nSPS) is 15.8. The minimum Gasteiger partial charge on any atom is -0.496 e. The van der Waals surface area contributed by atoms with Crippen LogP contribution in [-0.2, 0) is 23.0 Å². The van der Waals surface area contributed by atoms with Gasteiger partial charge in [-0.15, -0.1) is 0 Å². The van der Waals surface area contributed by atoms with E-state index in [0.717, 1.165) is 4.90 Å². The number of carboxylic acids is 1. The van der Waals surface area contributed by atoms with Gasteiger partial charge in [0.25, 0.3) is 11.5 Å². The number of nitrogens with zero attached hydrogens (tertiary/aromatic N) is 3. The van der Waals surface area contributed by atoms with E-state index in [1.165, 1.54) is 17.9 Å². The second-order valence-corrected chi connectivity index (χ2v) is 10.9. The van der Waals surface area contributed by atoms with Crippen LogP contribution in [0.25, 0.3) is 22.0 Å². The highest BCUT2D eigenvalue weighted by Gasteiger charge is 2.46. The lowest BCUT2D eigenvalue weighted by atomic mass is 9.95. The molecule has 15 heteroatoms. The summed E-state index contributed by atoms with van der Waals surface area (Å²) in [6.07, 6.45) is -3.62. The van der Waals surface area contributed by atoms with E-state index < -0.39 is 59.6 Å². The topological polar surface area (TPSA) is 123 Å². The Morgan fingerprint density at radius 3 is 2.51 bits per heavy atom. The molecular weight excluding hydrogens is 631 g/mol. The summed E-state index contributed by atoms with van der Waals surface area (Å²) in [6, 6.07) is 5.40. The maximum absolute atomic E-state index is 15.1. The van der Waals surface area contributed by atoms with Gasteiger partial charge in [0.1, 0.15) is 35.0 Å². The van der Waals surface area contributed by atoms with Gasteiger partial charge in [-0.05, 0) is 30.7 Å². The van der Waals surface area contributed by atoms with Crippen LogP contribution in [-0.4, -0.2) is 71.7 Å². The molecule has 1 saturated heterocycles. The number of benzene rings is 2. The van der Waals surface area contributed by atoms with E-state index in [1.807, 2.05) is 0 Å². The number of rotatable bonds is 8. The largest absolute Gasteiger partial charge is 0.496 e. The van der Waals surface area contributed by atoms with Crippen molar-refractivity contribution in [3.05, 3.63) is 87.5 Å². The van der Waals surface area contributed by atoms with Crippen LogP contribution in [0.4, 0.5) is 27.6 Å². The number of fused-ring (bicyclic) bond motifs is 1. The minimum atomic E-state index is -4.75. The smallest absolute Gasteiger partial charge is 0.411 e. The van der Waals surface area contributed by atoms with Gasteiger partial charge < -0.3 is 29.4 Å². The highest BCUT2D eigenvalue weighted by Crippen LogP contribution is 2.35. The zero-order valence-electron chi connectivity index (χ0n) is 25.3. The monoisotopic (exact) mass is 660 g/mol. The molecule has 10 nitrogen and oxygen atoms in total. The van der Waals surface area contributed by atoms with Crippen molar-refractivity contribution >= 4 is 28.5 Å². The Kier molecular flexibility index (Phi) is 9.20. The number of amides is 1. The molecule has 2 aromatic carbocycles. The molecule has 0 saturated carbocycles. The summed E-state index contributed by atoms with van der Waals surface area (Å²) in [7, 11) is 3.02. The predicted octanol–water partition coefficient (Wildman–Crippen LogP) is 4.39. The van der Waals surface area contributed by atoms with Crippen LogP contribution in [0.5, 0.6) is 5.75 Å². The van der Waals surface area contributed by atoms with Crippen LogP contribution >= 0.6 is 0 Å². The van der Waals surface area contributed by atoms with Crippen LogP contribution in [0.1, 0.15) is 21.6 Å². The summed E-state index contributed by atoms with van der Waals surface area (Å²) in [4.78, 5) is 43.7. The number of nitrogens with one attached hydrogen (secondary N) is 1. The molecule has 248 valence electrons. The molecule has 1 aliphatic heterocycles. The number of ether oxygens (including phenoxy) is 2. The lowest BCUT2D eigenvalue weighted by Crippen LogP contribution is -2.53. The van der Waals surface area contributed by atoms with Gasteiger partial charge in [-0.3, -0.25) is 14.6 Å². The molecule has 3 heterocycles. The van der Waals surface area contributed by atoms with E-state index in [-0.39, 0.29) is 30.7 Å². The summed E-state index contributed by atoms with van der Waals surface area (Å²) in [5.41, 5.74) is 0.0643. The summed E-state index contributed by atoms with van der Waals surface area (Å²) in [5, 5.41) is 12.5. The van der Waals surface area contributed by atoms with E-state index in [2.05, 4.69) is 10.3 Å². The van der Waals surface area contributed by atoms with Crippen molar-refractivity contribution in [3.63, 3.8) is 0 Å². The zero-order chi connectivity index (χ0) is 34.2. The SMILES string of the molecule is COc1cc(C)n(C)c(=O)c1-c1ccc(CC(NC(=O)c2c(F)cc(N3CCOCC3C(F)(F)F)cc2F)C(=O)O)c2cccnc12. The molecule has 0 spiro atoms. The quantitative estimate of drug-likeness (QED) is 0.267. The fourth-order valence-electron chi connectivity index (χ4n) is 5.59. The lowest BCUT2D eigenvalue weighted by Gasteiger charge is -2.38. The Morgan fingerprint density at radius 2 is 1.87 bits per heavy atom. The molecule has 4 aromatic rings. The number of hydrogen-bond donors (Lipinski definition) is 2. The molecule has 0 bridgehead atoms. The Labute approximate surface area is 264 Å². The maximum Gasteiger partial charge on any atom is 0.411 e. The average molecular weight is 661 g/mol. The van der Waals surface area contributed by atoms with Gasteiger partial charge in [0.05, 0.1) is 31.4 Å². The first-order valence-electron chi connectivity index (χ1n) is 14.3. The molecule has 2 aromatic heterocycles. The average Bonchev–Trinajstić information content (AvgIpc) is 3.02. The molecule has 0 radical (unpaired) electrons. The van der Waals surface area contributed by atoms with Gasteiger partial charge in [-0.25, -0.2) is 13.6 Å². The minimum absolute atomic E-state index is 0.112. The molecule has 1 aliphatic rings. The standard InChI is InChI=1S/C32H29F5N4O6/c1-16-11-24(46-3)26(30(43)40(16)2)20-7-6-17(19-5-4-8-38-28(19)20)12-23(31(44)45)39-29(42)27-21(33)13-18(14-22(27)34)41-9-10-47-15-25(41)32(35,36)37/h4-8,11,13-14,23,25H,9-10,12,15H2,1-3H3,(H,39,42)(H,44,45). The van der Waals surface area contributed by atoms with Crippen molar-refractivity contribution in [2.75, 3.05) is 31.8 Å². The fourth-order valence-corrected chi connectivity index (χ4v) is 5.59. The van der Waals surface area contributed by atoms with E-state index in [1.54, 1.807) is 44.3 Å². The zero-order valence-corrected chi connectivity index (χ0v) is 25.3. The third-order valence-electron chi connectivity index (χ3n) is 8.10. The number of pyridine rings is 2. The highest BCUT2D eigenvalue weighted by atomic mass is 19.4. The first-order chi connectivity index (χ1) is 22.2. The van der Waals surface area contributed by atoms with Gasteiger partial charge >= 0.3 is 12.1 Å². The van der Waals surface area contributed by atoms with Gasteiger partial charge in [-0.2, -0.15) is 13.2 Å². The second kappa shape index (κ2) is 13.0. The summed E-state index contributed by atoms with van der Waals surface area (Å²) < 4.78 is 82.6. The van der Waals surface area contributed by atoms with Crippen LogP contribution in [0, 0.1) is 18.6 Å². The van der Waals surface area contributed by atoms with E-state index in [9.17, 15) is 32.7 Å². The van der Waals surface area contributed by atoms with E-state index in [4.69, 9.17) is 9.47 Å². The van der Waals surface area contributed by atoms with Crippen molar-refractivity contribution in [3.8, 4) is 16.9 Å². The van der Waals surface area contributed by atoms with Crippen LogP contribution in [0.15, 0.2) is 53.5 Å². The fraction of sp³-hybridized carbons (Fsp3) is 0.312. The number of morpholine rings is 1. The van der Waals surface area contributed by atoms with Crippen molar-refractivity contribution in [2.24, 2.45) is 7.05 Å². The Morgan fingerprint density at radius 1 is 1.17 bits per heavy atom. The number of carboxylic acid groups (broad SMARTS) is 1. The third kappa shape index (κ3) is 6.48. The van der Waals surface area contributed by atoms with Crippen LogP contribution in [0.2, 0.25) is 0 Å². The highest BCUT2D eigenvalue weighted by molar-refractivity contribution is 5.99. The van der Waals surface area contributed by atoms with Gasteiger partial charge in [0.15, 0.2) is 0 Å². The van der Waals surface area contributed by atoms with Gasteiger partial charge in [0.2, 0.25) is 0 Å². The third-order valence-corrected chi connectivity index (χ3v) is 8.10.